The summed E-state index contributed by atoms with van der Waals surface area (Å²) < 4.78 is 26.6. The molecule has 0 unspecified atom stereocenters. The fraction of sp³-hybridized carbons (Fsp3) is 0.579. The molecule has 3 rings (SSSR count). The van der Waals surface area contributed by atoms with Crippen molar-refractivity contribution in [2.45, 2.75) is 38.3 Å². The summed E-state index contributed by atoms with van der Waals surface area (Å²) in [6.07, 6.45) is 1.78. The highest BCUT2D eigenvalue weighted by atomic mass is 32.2. The molecule has 2 fully saturated rings. The molecule has 1 atom stereocenters. The maximum Gasteiger partial charge on any atom is 0.255 e. The average molecular weight is 426 g/mol. The standard InChI is InChI=1S/C19H27N3O4S2/c1-2-12-28(25,26)20-16-8-10-21(11-9-16)19(24)17-13-27-14-22(17)18(23)15-6-4-3-5-7-15/h3-7,16-17,20H,2,8-14H2,1H3/t17-/m0/s1. The lowest BCUT2D eigenvalue weighted by molar-refractivity contribution is -0.135. The first kappa shape index (κ1) is 21.1. The van der Waals surface area contributed by atoms with Gasteiger partial charge in [0.2, 0.25) is 15.9 Å². The number of rotatable bonds is 6. The lowest BCUT2D eigenvalue weighted by atomic mass is 10.0. The maximum absolute atomic E-state index is 13.0. The van der Waals surface area contributed by atoms with E-state index in [1.165, 1.54) is 0 Å². The van der Waals surface area contributed by atoms with Crippen LogP contribution in [0.5, 0.6) is 0 Å². The number of amides is 2. The van der Waals surface area contributed by atoms with Crippen LogP contribution >= 0.6 is 11.8 Å². The van der Waals surface area contributed by atoms with E-state index in [4.69, 9.17) is 0 Å². The van der Waals surface area contributed by atoms with Gasteiger partial charge >= 0.3 is 0 Å². The van der Waals surface area contributed by atoms with Crippen LogP contribution in [0.4, 0.5) is 0 Å². The number of piperidine rings is 1. The van der Waals surface area contributed by atoms with Gasteiger partial charge in [0, 0.05) is 30.4 Å². The van der Waals surface area contributed by atoms with Crippen LogP contribution in [0.3, 0.4) is 0 Å². The van der Waals surface area contributed by atoms with Gasteiger partial charge in [0.1, 0.15) is 6.04 Å². The van der Waals surface area contributed by atoms with Crippen LogP contribution in [-0.2, 0) is 14.8 Å². The third-order valence-corrected chi connectivity index (χ3v) is 7.73. The number of hydrogen-bond donors (Lipinski definition) is 1. The summed E-state index contributed by atoms with van der Waals surface area (Å²) in [6, 6.07) is 8.44. The van der Waals surface area contributed by atoms with E-state index in [9.17, 15) is 18.0 Å². The first-order valence-electron chi connectivity index (χ1n) is 9.64. The Kier molecular flexibility index (Phi) is 7.00. The summed E-state index contributed by atoms with van der Waals surface area (Å²) in [5, 5.41) is 0. The first-order chi connectivity index (χ1) is 13.4. The number of nitrogens with zero attached hydrogens (tertiary/aromatic N) is 2. The molecule has 2 aliphatic rings. The molecule has 1 aromatic carbocycles. The molecule has 154 valence electrons. The third kappa shape index (κ3) is 5.07. The minimum absolute atomic E-state index is 0.0378. The molecule has 2 heterocycles. The molecule has 0 aromatic heterocycles. The number of likely N-dealkylation sites (tertiary alicyclic amines) is 1. The summed E-state index contributed by atoms with van der Waals surface area (Å²) in [7, 11) is -3.24. The van der Waals surface area contributed by atoms with Gasteiger partial charge in [0.25, 0.3) is 5.91 Å². The topological polar surface area (TPSA) is 86.8 Å². The Labute approximate surface area is 170 Å². The third-order valence-electron chi connectivity index (χ3n) is 5.07. The fourth-order valence-electron chi connectivity index (χ4n) is 3.60. The number of benzene rings is 1. The van der Waals surface area contributed by atoms with E-state index in [1.807, 2.05) is 25.1 Å². The summed E-state index contributed by atoms with van der Waals surface area (Å²) in [6.45, 7) is 2.85. The Morgan fingerprint density at radius 2 is 1.86 bits per heavy atom. The molecule has 0 bridgehead atoms. The predicted molar refractivity (Wildman–Crippen MR) is 111 cm³/mol. The summed E-state index contributed by atoms with van der Waals surface area (Å²) in [5.41, 5.74) is 0.590. The monoisotopic (exact) mass is 425 g/mol. The summed E-state index contributed by atoms with van der Waals surface area (Å²) >= 11 is 1.59. The number of nitrogens with one attached hydrogen (secondary N) is 1. The first-order valence-corrected chi connectivity index (χ1v) is 12.4. The van der Waals surface area contributed by atoms with Gasteiger partial charge in [-0.1, -0.05) is 25.1 Å². The highest BCUT2D eigenvalue weighted by Crippen LogP contribution is 2.26. The van der Waals surface area contributed by atoms with E-state index in [1.54, 1.807) is 33.7 Å². The second-order valence-electron chi connectivity index (χ2n) is 7.19. The van der Waals surface area contributed by atoms with Crippen LogP contribution in [0.15, 0.2) is 30.3 Å². The van der Waals surface area contributed by atoms with Crippen molar-refractivity contribution in [1.29, 1.82) is 0 Å². The summed E-state index contributed by atoms with van der Waals surface area (Å²) in [4.78, 5) is 29.2. The van der Waals surface area contributed by atoms with Crippen LogP contribution in [0, 0.1) is 0 Å². The Hall–Kier alpha value is -1.58. The molecule has 1 aromatic rings. The normalized spacial score (nSPS) is 21.1. The van der Waals surface area contributed by atoms with Crippen molar-refractivity contribution in [3.63, 3.8) is 0 Å². The smallest absolute Gasteiger partial charge is 0.255 e. The Balaban J connectivity index is 1.58. The number of carbonyl (C=O) groups is 2. The molecule has 0 saturated carbocycles. The molecule has 9 heteroatoms. The van der Waals surface area contributed by atoms with Crippen molar-refractivity contribution in [2.24, 2.45) is 0 Å². The maximum atomic E-state index is 13.0. The molecular formula is C19H27N3O4S2. The van der Waals surface area contributed by atoms with E-state index < -0.39 is 16.1 Å². The number of hydrogen-bond acceptors (Lipinski definition) is 5. The molecule has 0 spiro atoms. The second kappa shape index (κ2) is 9.28. The predicted octanol–water partition coefficient (Wildman–Crippen LogP) is 1.52. The van der Waals surface area contributed by atoms with Gasteiger partial charge in [-0.15, -0.1) is 11.8 Å². The van der Waals surface area contributed by atoms with Crippen molar-refractivity contribution < 1.29 is 18.0 Å². The van der Waals surface area contributed by atoms with Crippen molar-refractivity contribution >= 4 is 33.6 Å². The van der Waals surface area contributed by atoms with Crippen LogP contribution < -0.4 is 4.72 Å². The zero-order valence-corrected chi connectivity index (χ0v) is 17.7. The van der Waals surface area contributed by atoms with E-state index in [2.05, 4.69) is 4.72 Å². The molecule has 0 aliphatic carbocycles. The molecular weight excluding hydrogens is 398 g/mol. The van der Waals surface area contributed by atoms with Gasteiger partial charge in [-0.05, 0) is 31.4 Å². The van der Waals surface area contributed by atoms with Gasteiger partial charge in [-0.3, -0.25) is 9.59 Å². The quantitative estimate of drug-likeness (QED) is 0.747. The van der Waals surface area contributed by atoms with Gasteiger partial charge in [-0.25, -0.2) is 13.1 Å². The fourth-order valence-corrected chi connectivity index (χ4v) is 6.15. The molecule has 28 heavy (non-hydrogen) atoms. The van der Waals surface area contributed by atoms with Crippen LogP contribution in [0.2, 0.25) is 0 Å². The van der Waals surface area contributed by atoms with E-state index >= 15 is 0 Å². The average Bonchev–Trinajstić information content (AvgIpc) is 3.17. The SMILES string of the molecule is CCCS(=O)(=O)NC1CCN(C(=O)[C@@H]2CSCN2C(=O)c2ccccc2)CC1. The Morgan fingerprint density at radius 1 is 1.18 bits per heavy atom. The van der Waals surface area contributed by atoms with Gasteiger partial charge in [0.15, 0.2) is 0 Å². The zero-order valence-electron chi connectivity index (χ0n) is 16.0. The van der Waals surface area contributed by atoms with Crippen LogP contribution in [-0.4, -0.2) is 72.6 Å². The van der Waals surface area contributed by atoms with E-state index in [0.717, 1.165) is 0 Å². The summed E-state index contributed by atoms with van der Waals surface area (Å²) in [5.74, 6) is 1.08. The van der Waals surface area contributed by atoms with E-state index in [0.29, 0.717) is 49.5 Å². The molecule has 2 saturated heterocycles. The van der Waals surface area contributed by atoms with Crippen molar-refractivity contribution in [1.82, 2.24) is 14.5 Å². The van der Waals surface area contributed by atoms with Crippen molar-refractivity contribution in [3.8, 4) is 0 Å². The molecule has 7 nitrogen and oxygen atoms in total. The highest BCUT2D eigenvalue weighted by Gasteiger charge is 2.38. The largest absolute Gasteiger partial charge is 0.341 e. The van der Waals surface area contributed by atoms with E-state index in [-0.39, 0.29) is 23.6 Å². The number of sulfonamides is 1. The Bertz CT molecular complexity index is 793. The second-order valence-corrected chi connectivity index (χ2v) is 10.1. The number of carbonyl (C=O) groups excluding carboxylic acids is 2. The molecule has 2 aliphatic heterocycles. The Morgan fingerprint density at radius 3 is 2.50 bits per heavy atom. The molecule has 1 N–H and O–H groups in total. The minimum Gasteiger partial charge on any atom is -0.341 e. The number of thioether (sulfide) groups is 1. The van der Waals surface area contributed by atoms with Gasteiger partial charge in [0.05, 0.1) is 11.6 Å². The molecule has 0 radical (unpaired) electrons. The lowest BCUT2D eigenvalue weighted by Crippen LogP contribution is -2.53. The van der Waals surface area contributed by atoms with Crippen molar-refractivity contribution in [2.75, 3.05) is 30.5 Å². The van der Waals surface area contributed by atoms with Gasteiger partial charge in [-0.2, -0.15) is 0 Å². The van der Waals surface area contributed by atoms with Crippen LogP contribution in [0.25, 0.3) is 0 Å². The minimum atomic E-state index is -3.24. The van der Waals surface area contributed by atoms with Crippen LogP contribution in [0.1, 0.15) is 36.5 Å². The molecule has 2 amide bonds. The zero-order chi connectivity index (χ0) is 20.1. The van der Waals surface area contributed by atoms with Crippen molar-refractivity contribution in [3.05, 3.63) is 35.9 Å². The lowest BCUT2D eigenvalue weighted by Gasteiger charge is -2.35. The van der Waals surface area contributed by atoms with Gasteiger partial charge < -0.3 is 9.80 Å². The highest BCUT2D eigenvalue weighted by molar-refractivity contribution is 7.99.